The quantitative estimate of drug-likeness (QED) is 0.864. The van der Waals surface area contributed by atoms with E-state index in [1.807, 2.05) is 31.2 Å². The lowest BCUT2D eigenvalue weighted by Gasteiger charge is -2.34. The second-order valence-electron chi connectivity index (χ2n) is 5.52. The third-order valence-corrected chi connectivity index (χ3v) is 3.77. The molecular formula is C16H21N3O4. The maximum atomic E-state index is 12.4. The predicted octanol–water partition coefficient (Wildman–Crippen LogP) is 0.937. The van der Waals surface area contributed by atoms with Gasteiger partial charge in [-0.2, -0.15) is 0 Å². The molecule has 0 aromatic heterocycles. The van der Waals surface area contributed by atoms with Crippen LogP contribution < -0.4 is 5.32 Å². The summed E-state index contributed by atoms with van der Waals surface area (Å²) in [5, 5.41) is 11.1. The first-order valence-electron chi connectivity index (χ1n) is 7.58. The number of aliphatic carboxylic acids is 1. The fourth-order valence-electron chi connectivity index (χ4n) is 2.38. The number of aryl methyl sites for hydroxylation is 1. The zero-order valence-corrected chi connectivity index (χ0v) is 13.1. The number of nitrogens with one attached hydrogen (secondary N) is 1. The van der Waals surface area contributed by atoms with E-state index in [1.165, 1.54) is 0 Å². The standard InChI is InChI=1S/C16H21N3O4/c1-12-2-4-13(5-3-12)15(22)18-8-10-19(11-9-18)16(23)17-7-6-14(20)21/h2-5H,6-11H2,1H3,(H,17,23)(H,20,21). The van der Waals surface area contributed by atoms with Crippen LogP contribution in [-0.2, 0) is 4.79 Å². The second-order valence-corrected chi connectivity index (χ2v) is 5.52. The van der Waals surface area contributed by atoms with Gasteiger partial charge in [-0.1, -0.05) is 17.7 Å². The molecule has 1 aliphatic heterocycles. The minimum atomic E-state index is -0.946. The summed E-state index contributed by atoms with van der Waals surface area (Å²) in [5.41, 5.74) is 1.75. The number of urea groups is 1. The highest BCUT2D eigenvalue weighted by molar-refractivity contribution is 5.94. The lowest BCUT2D eigenvalue weighted by Crippen LogP contribution is -2.53. The van der Waals surface area contributed by atoms with Crippen molar-refractivity contribution in [1.82, 2.24) is 15.1 Å². The molecule has 23 heavy (non-hydrogen) atoms. The molecule has 2 rings (SSSR count). The summed E-state index contributed by atoms with van der Waals surface area (Å²) in [5.74, 6) is -0.977. The Bertz CT molecular complexity index is 577. The van der Waals surface area contributed by atoms with Crippen LogP contribution in [0.25, 0.3) is 0 Å². The van der Waals surface area contributed by atoms with Crippen LogP contribution in [0.4, 0.5) is 4.79 Å². The van der Waals surface area contributed by atoms with Gasteiger partial charge in [-0.15, -0.1) is 0 Å². The van der Waals surface area contributed by atoms with E-state index in [1.54, 1.807) is 9.80 Å². The van der Waals surface area contributed by atoms with E-state index in [0.29, 0.717) is 31.7 Å². The zero-order chi connectivity index (χ0) is 16.8. The molecule has 124 valence electrons. The highest BCUT2D eigenvalue weighted by Gasteiger charge is 2.24. The van der Waals surface area contributed by atoms with Gasteiger partial charge >= 0.3 is 12.0 Å². The Morgan fingerprint density at radius 3 is 2.17 bits per heavy atom. The molecule has 3 amide bonds. The molecule has 0 unspecified atom stereocenters. The number of hydrogen-bond acceptors (Lipinski definition) is 3. The average Bonchev–Trinajstić information content (AvgIpc) is 2.54. The van der Waals surface area contributed by atoms with Crippen molar-refractivity contribution in [2.45, 2.75) is 13.3 Å². The van der Waals surface area contributed by atoms with E-state index < -0.39 is 5.97 Å². The summed E-state index contributed by atoms with van der Waals surface area (Å²) >= 11 is 0. The van der Waals surface area contributed by atoms with Gasteiger partial charge in [0.1, 0.15) is 0 Å². The number of hydrogen-bond donors (Lipinski definition) is 2. The van der Waals surface area contributed by atoms with Crippen LogP contribution in [0.1, 0.15) is 22.3 Å². The normalized spacial score (nSPS) is 14.5. The molecule has 1 heterocycles. The predicted molar refractivity (Wildman–Crippen MR) is 84.3 cm³/mol. The topological polar surface area (TPSA) is 90.0 Å². The van der Waals surface area contributed by atoms with Crippen LogP contribution in [0.15, 0.2) is 24.3 Å². The van der Waals surface area contributed by atoms with E-state index in [0.717, 1.165) is 5.56 Å². The summed E-state index contributed by atoms with van der Waals surface area (Å²) in [6.07, 6.45) is -0.0996. The highest BCUT2D eigenvalue weighted by atomic mass is 16.4. The zero-order valence-electron chi connectivity index (χ0n) is 13.1. The molecule has 1 fully saturated rings. The first-order valence-corrected chi connectivity index (χ1v) is 7.58. The Kier molecular flexibility index (Phi) is 5.56. The van der Waals surface area contributed by atoms with Gasteiger partial charge in [0.15, 0.2) is 0 Å². The molecule has 7 nitrogen and oxygen atoms in total. The highest BCUT2D eigenvalue weighted by Crippen LogP contribution is 2.10. The van der Waals surface area contributed by atoms with Gasteiger partial charge in [0.05, 0.1) is 6.42 Å². The van der Waals surface area contributed by atoms with Crippen LogP contribution in [0.2, 0.25) is 0 Å². The molecule has 0 radical (unpaired) electrons. The molecule has 7 heteroatoms. The van der Waals surface area contributed by atoms with Crippen molar-refractivity contribution in [1.29, 1.82) is 0 Å². The maximum Gasteiger partial charge on any atom is 0.317 e. The van der Waals surface area contributed by atoms with Gasteiger partial charge in [-0.3, -0.25) is 9.59 Å². The first kappa shape index (κ1) is 16.8. The Hall–Kier alpha value is -2.57. The van der Waals surface area contributed by atoms with Gasteiger partial charge in [0.2, 0.25) is 0 Å². The van der Waals surface area contributed by atoms with Crippen molar-refractivity contribution in [2.75, 3.05) is 32.7 Å². The summed E-state index contributed by atoms with van der Waals surface area (Å²) in [4.78, 5) is 38.0. The van der Waals surface area contributed by atoms with E-state index >= 15 is 0 Å². The number of amides is 3. The lowest BCUT2D eigenvalue weighted by molar-refractivity contribution is -0.136. The van der Waals surface area contributed by atoms with Gasteiger partial charge in [0.25, 0.3) is 5.91 Å². The number of nitrogens with zero attached hydrogens (tertiary/aromatic N) is 2. The Balaban J connectivity index is 1.81. The second kappa shape index (κ2) is 7.62. The van der Waals surface area contributed by atoms with Gasteiger partial charge in [0, 0.05) is 38.3 Å². The SMILES string of the molecule is Cc1ccc(C(=O)N2CCN(C(=O)NCCC(=O)O)CC2)cc1. The summed E-state index contributed by atoms with van der Waals surface area (Å²) in [6, 6.07) is 7.14. The molecule has 0 atom stereocenters. The summed E-state index contributed by atoms with van der Waals surface area (Å²) in [7, 11) is 0. The third-order valence-electron chi connectivity index (χ3n) is 3.77. The lowest BCUT2D eigenvalue weighted by atomic mass is 10.1. The van der Waals surface area contributed by atoms with Crippen LogP contribution in [-0.4, -0.2) is 65.5 Å². The van der Waals surface area contributed by atoms with Crippen LogP contribution in [0, 0.1) is 6.92 Å². The van der Waals surface area contributed by atoms with Crippen LogP contribution >= 0.6 is 0 Å². The molecule has 1 saturated heterocycles. The number of rotatable bonds is 4. The van der Waals surface area contributed by atoms with E-state index in [2.05, 4.69) is 5.32 Å². The minimum Gasteiger partial charge on any atom is -0.481 e. The number of carbonyl (C=O) groups is 3. The fraction of sp³-hybridized carbons (Fsp3) is 0.438. The Morgan fingerprint density at radius 1 is 1.04 bits per heavy atom. The van der Waals surface area contributed by atoms with E-state index in [9.17, 15) is 14.4 Å². The number of carboxylic acid groups (broad SMARTS) is 1. The number of carbonyl (C=O) groups excluding carboxylic acids is 2. The van der Waals surface area contributed by atoms with Crippen molar-refractivity contribution < 1.29 is 19.5 Å². The largest absolute Gasteiger partial charge is 0.481 e. The number of piperazine rings is 1. The molecule has 1 aromatic carbocycles. The molecule has 1 aliphatic rings. The summed E-state index contributed by atoms with van der Waals surface area (Å²) in [6.45, 7) is 3.90. The van der Waals surface area contributed by atoms with E-state index in [-0.39, 0.29) is 24.9 Å². The van der Waals surface area contributed by atoms with Gasteiger partial charge in [-0.25, -0.2) is 4.79 Å². The molecule has 1 aromatic rings. The summed E-state index contributed by atoms with van der Waals surface area (Å²) < 4.78 is 0. The monoisotopic (exact) mass is 319 g/mol. The van der Waals surface area contributed by atoms with Crippen molar-refractivity contribution in [3.05, 3.63) is 35.4 Å². The molecule has 0 saturated carbocycles. The number of benzene rings is 1. The molecular weight excluding hydrogens is 298 g/mol. The van der Waals surface area contributed by atoms with Crippen molar-refractivity contribution >= 4 is 17.9 Å². The Labute approximate surface area is 134 Å². The van der Waals surface area contributed by atoms with Crippen molar-refractivity contribution in [3.63, 3.8) is 0 Å². The molecule has 0 bridgehead atoms. The average molecular weight is 319 g/mol. The van der Waals surface area contributed by atoms with Crippen LogP contribution in [0.5, 0.6) is 0 Å². The smallest absolute Gasteiger partial charge is 0.317 e. The maximum absolute atomic E-state index is 12.4. The first-order chi connectivity index (χ1) is 11.0. The molecule has 0 aliphatic carbocycles. The van der Waals surface area contributed by atoms with Gasteiger partial charge < -0.3 is 20.2 Å². The van der Waals surface area contributed by atoms with E-state index in [4.69, 9.17) is 5.11 Å². The van der Waals surface area contributed by atoms with Crippen molar-refractivity contribution in [3.8, 4) is 0 Å². The molecule has 2 N–H and O–H groups in total. The Morgan fingerprint density at radius 2 is 1.61 bits per heavy atom. The van der Waals surface area contributed by atoms with Crippen LogP contribution in [0.3, 0.4) is 0 Å². The number of carboxylic acids is 1. The third kappa shape index (κ3) is 4.70. The fourth-order valence-corrected chi connectivity index (χ4v) is 2.38. The van der Waals surface area contributed by atoms with Crippen molar-refractivity contribution in [2.24, 2.45) is 0 Å². The minimum absolute atomic E-state index is 0.0315. The van der Waals surface area contributed by atoms with Gasteiger partial charge in [-0.05, 0) is 19.1 Å². The molecule has 0 spiro atoms.